The van der Waals surface area contributed by atoms with E-state index in [-0.39, 0.29) is 16.7 Å². The number of halogens is 2. The first-order valence-electron chi connectivity index (χ1n) is 5.87. The van der Waals surface area contributed by atoms with Gasteiger partial charge in [-0.1, -0.05) is 36.7 Å². The van der Waals surface area contributed by atoms with Gasteiger partial charge in [-0.25, -0.2) is 9.59 Å². The third kappa shape index (κ3) is 5.13. The summed E-state index contributed by atoms with van der Waals surface area (Å²) in [5, 5.41) is 14.4. The van der Waals surface area contributed by atoms with Crippen molar-refractivity contribution in [2.45, 2.75) is 20.8 Å². The van der Waals surface area contributed by atoms with E-state index < -0.39 is 12.0 Å². The first-order chi connectivity index (χ1) is 9.10. The Balaban J connectivity index is 2.92. The molecule has 0 spiro atoms. The van der Waals surface area contributed by atoms with Crippen molar-refractivity contribution < 1.29 is 14.7 Å². The van der Waals surface area contributed by atoms with Gasteiger partial charge in [0.2, 0.25) is 0 Å². The molecule has 0 atom stereocenters. The van der Waals surface area contributed by atoms with Crippen molar-refractivity contribution in [2.75, 3.05) is 11.9 Å². The molecule has 0 radical (unpaired) electrons. The molecule has 20 heavy (non-hydrogen) atoms. The lowest BCUT2D eigenvalue weighted by molar-refractivity contribution is 0.0698. The largest absolute Gasteiger partial charge is 0.478 e. The van der Waals surface area contributed by atoms with Crippen LogP contribution in [0.2, 0.25) is 0 Å². The van der Waals surface area contributed by atoms with Crippen LogP contribution in [0.3, 0.4) is 0 Å². The van der Waals surface area contributed by atoms with Gasteiger partial charge in [0, 0.05) is 15.5 Å². The number of aromatic carboxylic acids is 1. The number of carboxylic acids is 1. The minimum Gasteiger partial charge on any atom is -0.478 e. The second-order valence-electron chi connectivity index (χ2n) is 5.48. The number of rotatable bonds is 3. The highest BCUT2D eigenvalue weighted by Gasteiger charge is 2.18. The summed E-state index contributed by atoms with van der Waals surface area (Å²) in [7, 11) is 0. The van der Waals surface area contributed by atoms with Gasteiger partial charge in [-0.15, -0.1) is 0 Å². The number of hydrogen-bond donors (Lipinski definition) is 3. The fourth-order valence-electron chi connectivity index (χ4n) is 1.37. The summed E-state index contributed by atoms with van der Waals surface area (Å²) in [5.41, 5.74) is 0.188. The molecular weight excluding hydrogens is 392 g/mol. The number of benzene rings is 1. The normalized spacial score (nSPS) is 11.1. The van der Waals surface area contributed by atoms with E-state index in [2.05, 4.69) is 42.5 Å². The van der Waals surface area contributed by atoms with Crippen LogP contribution in [-0.4, -0.2) is 23.7 Å². The summed E-state index contributed by atoms with van der Waals surface area (Å²) in [6.45, 7) is 6.46. The molecule has 0 fully saturated rings. The van der Waals surface area contributed by atoms with Crippen molar-refractivity contribution in [1.82, 2.24) is 5.32 Å². The lowest BCUT2D eigenvalue weighted by atomic mass is 9.97. The van der Waals surface area contributed by atoms with Gasteiger partial charge in [0.05, 0.1) is 11.3 Å². The highest BCUT2D eigenvalue weighted by molar-refractivity contribution is 9.11. The molecule has 1 aromatic carbocycles. The molecule has 0 saturated carbocycles. The van der Waals surface area contributed by atoms with Crippen molar-refractivity contribution in [3.63, 3.8) is 0 Å². The first-order valence-corrected chi connectivity index (χ1v) is 7.46. The minimum absolute atomic E-state index is 0.0113. The standard InChI is InChI=1S/C13H16Br2N2O3/c1-13(2,3)6-16-12(20)17-10-8(11(18)19)4-7(14)5-9(10)15/h4-5H,6H2,1-3H3,(H,18,19)(H2,16,17,20). The number of amides is 2. The van der Waals surface area contributed by atoms with E-state index in [1.807, 2.05) is 20.8 Å². The number of urea groups is 1. The quantitative estimate of drug-likeness (QED) is 0.706. The van der Waals surface area contributed by atoms with Crippen LogP contribution in [0.5, 0.6) is 0 Å². The van der Waals surface area contributed by atoms with E-state index in [1.54, 1.807) is 6.07 Å². The fraction of sp³-hybridized carbons (Fsp3) is 0.385. The third-order valence-corrected chi connectivity index (χ3v) is 3.39. The first kappa shape index (κ1) is 17.0. The van der Waals surface area contributed by atoms with Gasteiger partial charge in [0.25, 0.3) is 0 Å². The second-order valence-corrected chi connectivity index (χ2v) is 7.25. The average Bonchev–Trinajstić information content (AvgIpc) is 2.28. The summed E-state index contributed by atoms with van der Waals surface area (Å²) in [4.78, 5) is 23.0. The van der Waals surface area contributed by atoms with Gasteiger partial charge in [-0.05, 0) is 33.5 Å². The van der Waals surface area contributed by atoms with Crippen LogP contribution in [0, 0.1) is 5.41 Å². The SMILES string of the molecule is CC(C)(C)CNC(=O)Nc1c(Br)cc(Br)cc1C(=O)O. The van der Waals surface area contributed by atoms with Gasteiger partial charge >= 0.3 is 12.0 Å². The molecule has 3 N–H and O–H groups in total. The summed E-state index contributed by atoms with van der Waals surface area (Å²) >= 11 is 6.47. The molecule has 1 rings (SSSR count). The molecule has 110 valence electrons. The Morgan fingerprint density at radius 2 is 1.85 bits per heavy atom. The number of hydrogen-bond acceptors (Lipinski definition) is 2. The monoisotopic (exact) mass is 406 g/mol. The molecule has 0 aliphatic heterocycles. The maximum absolute atomic E-state index is 11.8. The van der Waals surface area contributed by atoms with Crippen molar-refractivity contribution in [3.8, 4) is 0 Å². The molecule has 0 aliphatic carbocycles. The molecule has 1 aromatic rings. The van der Waals surface area contributed by atoms with Crippen LogP contribution < -0.4 is 10.6 Å². The van der Waals surface area contributed by atoms with Gasteiger partial charge in [-0.2, -0.15) is 0 Å². The number of anilines is 1. The van der Waals surface area contributed by atoms with Crippen molar-refractivity contribution >= 4 is 49.5 Å². The maximum atomic E-state index is 11.8. The molecule has 0 unspecified atom stereocenters. The number of carboxylic acid groups (broad SMARTS) is 1. The zero-order valence-electron chi connectivity index (χ0n) is 11.4. The van der Waals surface area contributed by atoms with E-state index in [9.17, 15) is 14.7 Å². The Bertz CT molecular complexity index is 539. The van der Waals surface area contributed by atoms with Crippen molar-refractivity contribution in [2.24, 2.45) is 5.41 Å². The summed E-state index contributed by atoms with van der Waals surface area (Å²) in [6, 6.07) is 2.67. The van der Waals surface area contributed by atoms with E-state index in [0.29, 0.717) is 15.5 Å². The van der Waals surface area contributed by atoms with Crippen molar-refractivity contribution in [1.29, 1.82) is 0 Å². The van der Waals surface area contributed by atoms with Gasteiger partial charge < -0.3 is 15.7 Å². The van der Waals surface area contributed by atoms with Crippen LogP contribution in [-0.2, 0) is 0 Å². The fourth-order valence-corrected chi connectivity index (χ4v) is 2.70. The van der Waals surface area contributed by atoms with Gasteiger partial charge in [0.15, 0.2) is 0 Å². The summed E-state index contributed by atoms with van der Waals surface area (Å²) in [6.07, 6.45) is 0. The maximum Gasteiger partial charge on any atom is 0.337 e. The molecule has 0 aliphatic rings. The molecule has 0 saturated heterocycles. The van der Waals surface area contributed by atoms with Crippen LogP contribution in [0.1, 0.15) is 31.1 Å². The van der Waals surface area contributed by atoms with Gasteiger partial charge in [-0.3, -0.25) is 0 Å². The number of carbonyl (C=O) groups excluding carboxylic acids is 1. The molecule has 0 bridgehead atoms. The van der Waals surface area contributed by atoms with Crippen LogP contribution in [0.15, 0.2) is 21.1 Å². The average molecular weight is 408 g/mol. The van der Waals surface area contributed by atoms with Crippen LogP contribution in [0.4, 0.5) is 10.5 Å². The van der Waals surface area contributed by atoms with Crippen molar-refractivity contribution in [3.05, 3.63) is 26.6 Å². The predicted molar refractivity (Wildman–Crippen MR) is 85.3 cm³/mol. The topological polar surface area (TPSA) is 78.4 Å². The zero-order chi connectivity index (χ0) is 15.5. The molecule has 2 amide bonds. The molecule has 7 heteroatoms. The second kappa shape index (κ2) is 6.58. The highest BCUT2D eigenvalue weighted by atomic mass is 79.9. The molecular formula is C13H16Br2N2O3. The predicted octanol–water partition coefficient (Wildman–Crippen LogP) is 4.08. The third-order valence-electron chi connectivity index (χ3n) is 2.30. The van der Waals surface area contributed by atoms with Crippen LogP contribution >= 0.6 is 31.9 Å². The minimum atomic E-state index is -1.11. The summed E-state index contributed by atoms with van der Waals surface area (Å²) in [5.74, 6) is -1.11. The van der Waals surface area contributed by atoms with E-state index in [1.165, 1.54) is 6.07 Å². The zero-order valence-corrected chi connectivity index (χ0v) is 14.6. The van der Waals surface area contributed by atoms with E-state index in [4.69, 9.17) is 0 Å². The number of nitrogens with one attached hydrogen (secondary N) is 2. The Kier molecular flexibility index (Phi) is 5.59. The smallest absolute Gasteiger partial charge is 0.337 e. The molecule has 0 heterocycles. The Hall–Kier alpha value is -1.08. The number of carbonyl (C=O) groups is 2. The van der Waals surface area contributed by atoms with E-state index >= 15 is 0 Å². The lowest BCUT2D eigenvalue weighted by Gasteiger charge is -2.19. The lowest BCUT2D eigenvalue weighted by Crippen LogP contribution is -2.35. The van der Waals surface area contributed by atoms with E-state index in [0.717, 1.165) is 0 Å². The van der Waals surface area contributed by atoms with Gasteiger partial charge in [0.1, 0.15) is 0 Å². The highest BCUT2D eigenvalue weighted by Crippen LogP contribution is 2.30. The Labute approximate surface area is 134 Å². The molecule has 0 aromatic heterocycles. The molecule has 5 nitrogen and oxygen atoms in total. The summed E-state index contributed by atoms with van der Waals surface area (Å²) < 4.78 is 1.11. The Morgan fingerprint density at radius 3 is 2.35 bits per heavy atom. The van der Waals surface area contributed by atoms with Crippen LogP contribution in [0.25, 0.3) is 0 Å². The Morgan fingerprint density at radius 1 is 1.25 bits per heavy atom.